The first kappa shape index (κ1) is 32.5. The van der Waals surface area contributed by atoms with E-state index in [0.717, 1.165) is 34.1 Å². The fraction of sp³-hybridized carbons (Fsp3) is 0.0189. The minimum absolute atomic E-state index is 0.593. The van der Waals surface area contributed by atoms with Crippen LogP contribution >= 0.6 is 0 Å². The van der Waals surface area contributed by atoms with Crippen LogP contribution in [0.1, 0.15) is 22.3 Å². The summed E-state index contributed by atoms with van der Waals surface area (Å²) in [7, 11) is 0. The highest BCUT2D eigenvalue weighted by Gasteiger charge is 2.47. The van der Waals surface area contributed by atoms with Gasteiger partial charge in [-0.05, 0) is 117 Å². The Morgan fingerprint density at radius 1 is 0.255 bits per heavy atom. The van der Waals surface area contributed by atoms with Crippen LogP contribution in [-0.2, 0) is 5.41 Å². The van der Waals surface area contributed by atoms with Crippen LogP contribution in [0.3, 0.4) is 0 Å². The first-order chi connectivity index (χ1) is 27.3. The van der Waals surface area contributed by atoms with Crippen LogP contribution in [0.25, 0.3) is 21.9 Å². The first-order valence-electron chi connectivity index (χ1n) is 18.9. The Bertz CT molecular complexity index is 2670. The molecule has 2 heteroatoms. The summed E-state index contributed by atoms with van der Waals surface area (Å²) in [5.41, 5.74) is 13.6. The maximum Gasteiger partial charge on any atom is 0.0715 e. The number of benzene rings is 9. The van der Waals surface area contributed by atoms with Crippen molar-refractivity contribution in [1.82, 2.24) is 0 Å². The maximum absolute atomic E-state index is 2.45. The minimum Gasteiger partial charge on any atom is -0.310 e. The van der Waals surface area contributed by atoms with Crippen molar-refractivity contribution in [3.05, 3.63) is 253 Å². The predicted octanol–water partition coefficient (Wildman–Crippen LogP) is 14.1. The number of fused-ring (bicyclic) bond motifs is 4. The van der Waals surface area contributed by atoms with E-state index in [-0.39, 0.29) is 0 Å². The van der Waals surface area contributed by atoms with Gasteiger partial charge < -0.3 is 9.80 Å². The smallest absolute Gasteiger partial charge is 0.0715 e. The van der Waals surface area contributed by atoms with E-state index < -0.39 is 5.41 Å². The van der Waals surface area contributed by atoms with Gasteiger partial charge in [-0.2, -0.15) is 0 Å². The minimum atomic E-state index is -0.593. The zero-order valence-electron chi connectivity index (χ0n) is 30.3. The Kier molecular flexibility index (Phi) is 8.08. The molecule has 0 fully saturated rings. The molecule has 0 atom stereocenters. The van der Waals surface area contributed by atoms with Gasteiger partial charge in [-0.15, -0.1) is 0 Å². The fourth-order valence-corrected chi connectivity index (χ4v) is 8.68. The molecule has 0 saturated carbocycles. The molecule has 0 N–H and O–H groups in total. The maximum atomic E-state index is 2.45. The van der Waals surface area contributed by atoms with E-state index in [4.69, 9.17) is 0 Å². The molecule has 9 aromatic carbocycles. The lowest BCUT2D eigenvalue weighted by molar-refractivity contribution is 0.768. The molecular formula is C53H38N2. The van der Waals surface area contributed by atoms with Crippen molar-refractivity contribution in [3.63, 3.8) is 0 Å². The Labute approximate surface area is 322 Å². The molecule has 0 bridgehead atoms. The average molecular weight is 703 g/mol. The van der Waals surface area contributed by atoms with E-state index in [2.05, 4.69) is 240 Å². The summed E-state index contributed by atoms with van der Waals surface area (Å²) < 4.78 is 0. The third-order valence-corrected chi connectivity index (χ3v) is 11.1. The molecule has 9 aromatic rings. The lowest BCUT2D eigenvalue weighted by Gasteiger charge is -2.35. The molecule has 0 unspecified atom stereocenters. The van der Waals surface area contributed by atoms with E-state index in [1.54, 1.807) is 0 Å². The number of rotatable bonds is 8. The van der Waals surface area contributed by atoms with Crippen molar-refractivity contribution in [1.29, 1.82) is 0 Å². The molecule has 10 rings (SSSR count). The Morgan fingerprint density at radius 2 is 0.600 bits per heavy atom. The summed E-state index contributed by atoms with van der Waals surface area (Å²) in [6.07, 6.45) is 0. The van der Waals surface area contributed by atoms with Gasteiger partial charge in [0.05, 0.1) is 5.41 Å². The van der Waals surface area contributed by atoms with Gasteiger partial charge in [0.25, 0.3) is 0 Å². The monoisotopic (exact) mass is 702 g/mol. The van der Waals surface area contributed by atoms with Gasteiger partial charge >= 0.3 is 0 Å². The summed E-state index contributed by atoms with van der Waals surface area (Å²) in [6, 6.07) is 83.8. The molecule has 2 nitrogen and oxygen atoms in total. The van der Waals surface area contributed by atoms with Crippen molar-refractivity contribution >= 4 is 44.9 Å². The van der Waals surface area contributed by atoms with Crippen molar-refractivity contribution in [2.75, 3.05) is 9.80 Å². The van der Waals surface area contributed by atoms with Crippen LogP contribution in [0.15, 0.2) is 231 Å². The number of hydrogen-bond acceptors (Lipinski definition) is 2. The highest BCUT2D eigenvalue weighted by Crippen LogP contribution is 2.58. The van der Waals surface area contributed by atoms with Crippen LogP contribution in [0, 0.1) is 0 Å². The SMILES string of the molecule is c1ccc(N(c2ccccc2)c2ccc3c(c2)C(c2ccccc2)(c2ccccc2)c2cc(N(c4ccccc4)c4ccc5ccccc5c4)ccc2-3)cc1. The molecule has 0 radical (unpaired) electrons. The van der Waals surface area contributed by atoms with Crippen molar-refractivity contribution in [2.24, 2.45) is 0 Å². The fourth-order valence-electron chi connectivity index (χ4n) is 8.68. The zero-order chi connectivity index (χ0) is 36.6. The summed E-state index contributed by atoms with van der Waals surface area (Å²) in [6.45, 7) is 0. The Hall–Kier alpha value is -7.16. The number of nitrogens with zero attached hydrogens (tertiary/aromatic N) is 2. The molecule has 0 aliphatic heterocycles. The second-order valence-electron chi connectivity index (χ2n) is 14.2. The summed E-state index contributed by atoms with van der Waals surface area (Å²) in [5.74, 6) is 0. The van der Waals surface area contributed by atoms with E-state index in [1.165, 1.54) is 44.2 Å². The molecule has 0 spiro atoms. The lowest BCUT2D eigenvalue weighted by atomic mass is 9.67. The highest BCUT2D eigenvalue weighted by molar-refractivity contribution is 5.93. The zero-order valence-corrected chi connectivity index (χ0v) is 30.3. The summed E-state index contributed by atoms with van der Waals surface area (Å²) in [5, 5.41) is 2.44. The van der Waals surface area contributed by atoms with Gasteiger partial charge in [-0.1, -0.05) is 158 Å². The second kappa shape index (κ2) is 13.7. The van der Waals surface area contributed by atoms with E-state index in [1.807, 2.05) is 0 Å². The van der Waals surface area contributed by atoms with Crippen molar-refractivity contribution < 1.29 is 0 Å². The van der Waals surface area contributed by atoms with Gasteiger partial charge in [0.1, 0.15) is 0 Å². The third kappa shape index (κ3) is 5.50. The molecule has 1 aliphatic carbocycles. The van der Waals surface area contributed by atoms with Crippen LogP contribution in [0.5, 0.6) is 0 Å². The highest BCUT2D eigenvalue weighted by atomic mass is 15.1. The van der Waals surface area contributed by atoms with E-state index >= 15 is 0 Å². The molecule has 0 saturated heterocycles. The van der Waals surface area contributed by atoms with Gasteiger partial charge in [-0.25, -0.2) is 0 Å². The third-order valence-electron chi connectivity index (χ3n) is 11.1. The Balaban J connectivity index is 1.25. The average Bonchev–Trinajstić information content (AvgIpc) is 3.55. The van der Waals surface area contributed by atoms with Gasteiger partial charge in [0.2, 0.25) is 0 Å². The van der Waals surface area contributed by atoms with Crippen molar-refractivity contribution in [3.8, 4) is 11.1 Å². The van der Waals surface area contributed by atoms with Gasteiger partial charge in [0, 0.05) is 34.1 Å². The van der Waals surface area contributed by atoms with Crippen LogP contribution in [0.2, 0.25) is 0 Å². The van der Waals surface area contributed by atoms with E-state index in [9.17, 15) is 0 Å². The molecule has 0 aromatic heterocycles. The molecular weight excluding hydrogens is 665 g/mol. The first-order valence-corrected chi connectivity index (χ1v) is 18.9. The predicted molar refractivity (Wildman–Crippen MR) is 231 cm³/mol. The standard InChI is InChI=1S/C53H38N2/c1-6-20-41(21-7-1)53(42-22-8-2-9-23-42)51-37-47(54(43-24-10-3-11-25-43)44-26-12-4-13-27-44)32-34-49(51)50-35-33-48(38-52(50)53)55(45-28-14-5-15-29-45)46-31-30-39-18-16-17-19-40(39)36-46/h1-38H. The number of para-hydroxylation sites is 3. The topological polar surface area (TPSA) is 6.48 Å². The van der Waals surface area contributed by atoms with Crippen LogP contribution < -0.4 is 9.80 Å². The summed E-state index contributed by atoms with van der Waals surface area (Å²) in [4.78, 5) is 4.76. The second-order valence-corrected chi connectivity index (χ2v) is 14.2. The number of anilines is 6. The lowest BCUT2D eigenvalue weighted by Crippen LogP contribution is -2.29. The molecule has 0 amide bonds. The van der Waals surface area contributed by atoms with Crippen LogP contribution in [-0.4, -0.2) is 0 Å². The van der Waals surface area contributed by atoms with Crippen LogP contribution in [0.4, 0.5) is 34.1 Å². The normalized spacial score (nSPS) is 12.5. The Morgan fingerprint density at radius 3 is 1.05 bits per heavy atom. The molecule has 260 valence electrons. The molecule has 0 heterocycles. The van der Waals surface area contributed by atoms with Gasteiger partial charge in [0.15, 0.2) is 0 Å². The molecule has 55 heavy (non-hydrogen) atoms. The quantitative estimate of drug-likeness (QED) is 0.156. The largest absolute Gasteiger partial charge is 0.310 e. The van der Waals surface area contributed by atoms with Gasteiger partial charge in [-0.3, -0.25) is 0 Å². The summed E-state index contributed by atoms with van der Waals surface area (Å²) >= 11 is 0. The molecule has 1 aliphatic rings. The van der Waals surface area contributed by atoms with E-state index in [0.29, 0.717) is 0 Å². The number of hydrogen-bond donors (Lipinski definition) is 0. The van der Waals surface area contributed by atoms with Crippen molar-refractivity contribution in [2.45, 2.75) is 5.41 Å².